The van der Waals surface area contributed by atoms with Crippen LogP contribution in [-0.2, 0) is 4.79 Å². The minimum absolute atomic E-state index is 0. The fourth-order valence-corrected chi connectivity index (χ4v) is 3.75. The number of hydrogen-bond donors (Lipinski definition) is 2. The van der Waals surface area contributed by atoms with E-state index in [0.717, 1.165) is 0 Å². The van der Waals surface area contributed by atoms with Gasteiger partial charge >= 0.3 is 0 Å². The number of carbonyl (C=O) groups excluding carboxylic acids is 2. The average Bonchev–Trinajstić information content (AvgIpc) is 3.12. The summed E-state index contributed by atoms with van der Waals surface area (Å²) in [5.74, 6) is 0.803. The molecule has 27 heavy (non-hydrogen) atoms. The summed E-state index contributed by atoms with van der Waals surface area (Å²) in [5.41, 5.74) is 8.26. The minimum Gasteiger partial charge on any atom is -0.482 e. The van der Waals surface area contributed by atoms with Crippen molar-refractivity contribution in [3.05, 3.63) is 59.7 Å². The molecule has 2 aromatic carbocycles. The Kier molecular flexibility index (Phi) is 5.68. The molecule has 0 bridgehead atoms. The molecule has 0 unspecified atom stereocenters. The van der Waals surface area contributed by atoms with Crippen molar-refractivity contribution >= 4 is 29.9 Å². The summed E-state index contributed by atoms with van der Waals surface area (Å²) in [6, 6.07) is 15.3. The maximum absolute atomic E-state index is 13.0. The van der Waals surface area contributed by atoms with Crippen molar-refractivity contribution in [2.45, 2.75) is 5.92 Å². The second-order valence-corrected chi connectivity index (χ2v) is 6.77. The number of halogens is 1. The molecular formula is C20H22ClN3O3. The number of rotatable bonds is 3. The molecule has 3 N–H and O–H groups in total. The van der Waals surface area contributed by atoms with Gasteiger partial charge in [-0.1, -0.05) is 30.3 Å². The highest BCUT2D eigenvalue weighted by Gasteiger charge is 2.35. The molecule has 1 saturated heterocycles. The van der Waals surface area contributed by atoms with E-state index in [0.29, 0.717) is 36.6 Å². The van der Waals surface area contributed by atoms with E-state index in [1.54, 1.807) is 18.2 Å². The first kappa shape index (κ1) is 19.2. The van der Waals surface area contributed by atoms with Gasteiger partial charge in [0.15, 0.2) is 6.61 Å². The number of nitrogens with zero attached hydrogens (tertiary/aromatic N) is 1. The smallest absolute Gasteiger partial charge is 0.262 e. The number of fused-ring (bicyclic) bond motifs is 1. The molecule has 0 aliphatic carbocycles. The third-order valence-corrected chi connectivity index (χ3v) is 5.12. The van der Waals surface area contributed by atoms with E-state index in [4.69, 9.17) is 10.5 Å². The van der Waals surface area contributed by atoms with E-state index in [-0.39, 0.29) is 42.7 Å². The number of carbonyl (C=O) groups is 2. The number of benzene rings is 2. The summed E-state index contributed by atoms with van der Waals surface area (Å²) in [5, 5.41) is 2.75. The van der Waals surface area contributed by atoms with Crippen LogP contribution in [0.3, 0.4) is 0 Å². The van der Waals surface area contributed by atoms with E-state index in [1.165, 1.54) is 5.56 Å². The number of likely N-dealkylation sites (tertiary alicyclic amines) is 1. The third kappa shape index (κ3) is 3.77. The molecule has 1 fully saturated rings. The highest BCUT2D eigenvalue weighted by Crippen LogP contribution is 2.34. The van der Waals surface area contributed by atoms with Gasteiger partial charge in [0, 0.05) is 24.6 Å². The van der Waals surface area contributed by atoms with E-state index < -0.39 is 0 Å². The summed E-state index contributed by atoms with van der Waals surface area (Å²) in [6.07, 6.45) is 0. The molecule has 6 nitrogen and oxygen atoms in total. The lowest BCUT2D eigenvalue weighted by molar-refractivity contribution is -0.118. The van der Waals surface area contributed by atoms with Crippen LogP contribution in [0.1, 0.15) is 21.8 Å². The Morgan fingerprint density at radius 3 is 2.70 bits per heavy atom. The summed E-state index contributed by atoms with van der Waals surface area (Å²) in [6.45, 7) is 1.82. The van der Waals surface area contributed by atoms with Crippen molar-refractivity contribution < 1.29 is 14.3 Å². The Labute approximate surface area is 164 Å². The average molecular weight is 388 g/mol. The first-order valence-electron chi connectivity index (χ1n) is 8.76. The second-order valence-electron chi connectivity index (χ2n) is 6.77. The van der Waals surface area contributed by atoms with Crippen LogP contribution in [0.15, 0.2) is 48.5 Å². The van der Waals surface area contributed by atoms with Crippen LogP contribution >= 0.6 is 12.4 Å². The molecule has 0 radical (unpaired) electrons. The van der Waals surface area contributed by atoms with Crippen LogP contribution in [-0.4, -0.2) is 43.0 Å². The monoisotopic (exact) mass is 387 g/mol. The maximum Gasteiger partial charge on any atom is 0.262 e. The fourth-order valence-electron chi connectivity index (χ4n) is 3.75. The molecular weight excluding hydrogens is 366 g/mol. The van der Waals surface area contributed by atoms with Crippen LogP contribution in [0.5, 0.6) is 5.75 Å². The van der Waals surface area contributed by atoms with Gasteiger partial charge in [-0.2, -0.15) is 0 Å². The van der Waals surface area contributed by atoms with Gasteiger partial charge in [-0.05, 0) is 36.2 Å². The molecule has 2 atom stereocenters. The zero-order valence-corrected chi connectivity index (χ0v) is 15.6. The molecule has 0 spiro atoms. The SMILES string of the molecule is Cl.NC[C@@H]1CN(C(=O)c2ccc3c(c2)NC(=O)CO3)C[C@H]1c1ccccc1. The molecule has 2 aliphatic heterocycles. The Morgan fingerprint density at radius 2 is 1.96 bits per heavy atom. The molecule has 7 heteroatoms. The first-order chi connectivity index (χ1) is 12.7. The van der Waals surface area contributed by atoms with Gasteiger partial charge in [-0.3, -0.25) is 9.59 Å². The van der Waals surface area contributed by atoms with Crippen molar-refractivity contribution in [1.29, 1.82) is 0 Å². The summed E-state index contributed by atoms with van der Waals surface area (Å²) >= 11 is 0. The Balaban J connectivity index is 0.00000210. The Bertz CT molecular complexity index is 844. The van der Waals surface area contributed by atoms with Crippen molar-refractivity contribution in [3.8, 4) is 5.75 Å². The molecule has 142 valence electrons. The van der Waals surface area contributed by atoms with Crippen LogP contribution < -0.4 is 15.8 Å². The van der Waals surface area contributed by atoms with Crippen molar-refractivity contribution in [2.75, 3.05) is 31.6 Å². The zero-order chi connectivity index (χ0) is 18.1. The molecule has 0 aromatic heterocycles. The number of nitrogens with one attached hydrogen (secondary N) is 1. The normalized spacial score (nSPS) is 20.9. The number of anilines is 1. The van der Waals surface area contributed by atoms with Gasteiger partial charge in [0.25, 0.3) is 11.8 Å². The molecule has 4 rings (SSSR count). The predicted octanol–water partition coefficient (Wildman–Crippen LogP) is 2.25. The minimum atomic E-state index is -0.212. The van der Waals surface area contributed by atoms with Crippen LogP contribution in [0.25, 0.3) is 0 Å². The molecule has 2 amide bonds. The number of hydrogen-bond acceptors (Lipinski definition) is 4. The van der Waals surface area contributed by atoms with Gasteiger partial charge in [-0.15, -0.1) is 12.4 Å². The Morgan fingerprint density at radius 1 is 1.19 bits per heavy atom. The van der Waals surface area contributed by atoms with E-state index in [2.05, 4.69) is 17.4 Å². The van der Waals surface area contributed by atoms with Gasteiger partial charge in [0.1, 0.15) is 5.75 Å². The van der Waals surface area contributed by atoms with Crippen molar-refractivity contribution in [1.82, 2.24) is 4.90 Å². The maximum atomic E-state index is 13.0. The highest BCUT2D eigenvalue weighted by atomic mass is 35.5. The van der Waals surface area contributed by atoms with Gasteiger partial charge in [0.05, 0.1) is 5.69 Å². The summed E-state index contributed by atoms with van der Waals surface area (Å²) in [4.78, 5) is 26.3. The van der Waals surface area contributed by atoms with Crippen molar-refractivity contribution in [3.63, 3.8) is 0 Å². The molecule has 2 aromatic rings. The number of amides is 2. The largest absolute Gasteiger partial charge is 0.482 e. The summed E-state index contributed by atoms with van der Waals surface area (Å²) in [7, 11) is 0. The molecule has 2 heterocycles. The van der Waals surface area contributed by atoms with E-state index in [9.17, 15) is 9.59 Å². The van der Waals surface area contributed by atoms with E-state index >= 15 is 0 Å². The predicted molar refractivity (Wildman–Crippen MR) is 105 cm³/mol. The van der Waals surface area contributed by atoms with Crippen molar-refractivity contribution in [2.24, 2.45) is 11.7 Å². The quantitative estimate of drug-likeness (QED) is 0.846. The van der Waals surface area contributed by atoms with Gasteiger partial charge in [0.2, 0.25) is 0 Å². The third-order valence-electron chi connectivity index (χ3n) is 5.12. The lowest BCUT2D eigenvalue weighted by Gasteiger charge is -2.20. The summed E-state index contributed by atoms with van der Waals surface area (Å²) < 4.78 is 5.35. The second kappa shape index (κ2) is 7.98. The molecule has 0 saturated carbocycles. The highest BCUT2D eigenvalue weighted by molar-refractivity contribution is 6.00. The topological polar surface area (TPSA) is 84.7 Å². The lowest BCUT2D eigenvalue weighted by atomic mass is 9.89. The Hall–Kier alpha value is -2.57. The molecule has 2 aliphatic rings. The fraction of sp³-hybridized carbons (Fsp3) is 0.300. The van der Waals surface area contributed by atoms with Crippen LogP contribution in [0, 0.1) is 5.92 Å². The number of ether oxygens (including phenoxy) is 1. The number of nitrogens with two attached hydrogens (primary N) is 1. The van der Waals surface area contributed by atoms with Gasteiger partial charge in [-0.25, -0.2) is 0 Å². The standard InChI is InChI=1S/C20H21N3O3.ClH/c21-9-15-10-23(11-16(15)13-4-2-1-3-5-13)20(25)14-6-7-18-17(8-14)22-19(24)12-26-18;/h1-8,15-16H,9-12,21H2,(H,22,24);1H/t15-,16+;/m1./s1. The van der Waals surface area contributed by atoms with Crippen LogP contribution in [0.2, 0.25) is 0 Å². The van der Waals surface area contributed by atoms with Gasteiger partial charge < -0.3 is 20.7 Å². The van der Waals surface area contributed by atoms with Crippen LogP contribution in [0.4, 0.5) is 5.69 Å². The zero-order valence-electron chi connectivity index (χ0n) is 14.8. The first-order valence-corrected chi connectivity index (χ1v) is 8.76. The lowest BCUT2D eigenvalue weighted by Crippen LogP contribution is -2.30. The van der Waals surface area contributed by atoms with E-state index in [1.807, 2.05) is 23.1 Å².